The zero-order chi connectivity index (χ0) is 20.6. The van der Waals surface area contributed by atoms with E-state index in [1.54, 1.807) is 0 Å². The Morgan fingerprint density at radius 1 is 1.07 bits per heavy atom. The molecule has 1 heterocycles. The summed E-state index contributed by atoms with van der Waals surface area (Å²) >= 11 is 0. The summed E-state index contributed by atoms with van der Waals surface area (Å²) in [6.07, 6.45) is 3.65. The predicted octanol–water partition coefficient (Wildman–Crippen LogP) is 3.31. The molecule has 0 spiro atoms. The Hall–Kier alpha value is -2.18. The van der Waals surface area contributed by atoms with Crippen LogP contribution in [0.4, 0.5) is 0 Å². The van der Waals surface area contributed by atoms with Crippen molar-refractivity contribution in [2.75, 3.05) is 19.3 Å². The first kappa shape index (κ1) is 20.1. The van der Waals surface area contributed by atoms with Gasteiger partial charge >= 0.3 is 0 Å². The quantitative estimate of drug-likeness (QED) is 0.819. The second-order valence-electron chi connectivity index (χ2n) is 8.36. The van der Waals surface area contributed by atoms with Gasteiger partial charge in [-0.05, 0) is 54.4 Å². The molecule has 6 heteroatoms. The van der Waals surface area contributed by atoms with E-state index in [0.717, 1.165) is 19.3 Å². The molecule has 2 aromatic rings. The lowest BCUT2D eigenvalue weighted by Crippen LogP contribution is -2.49. The summed E-state index contributed by atoms with van der Waals surface area (Å²) < 4.78 is 25.7. The van der Waals surface area contributed by atoms with Crippen LogP contribution in [0.15, 0.2) is 48.5 Å². The number of sulfonamides is 1. The highest BCUT2D eigenvalue weighted by Gasteiger charge is 2.47. The van der Waals surface area contributed by atoms with Crippen LogP contribution in [0.5, 0.6) is 0 Å². The van der Waals surface area contributed by atoms with Crippen molar-refractivity contribution in [1.82, 2.24) is 9.62 Å². The molecule has 154 valence electrons. The molecule has 1 aliphatic carbocycles. The second kappa shape index (κ2) is 7.92. The minimum Gasteiger partial charge on any atom is -0.341 e. The smallest absolute Gasteiger partial charge is 0.226 e. The van der Waals surface area contributed by atoms with Crippen LogP contribution < -0.4 is 4.72 Å². The van der Waals surface area contributed by atoms with Crippen LogP contribution in [0.25, 0.3) is 11.1 Å². The molecule has 1 amide bonds. The van der Waals surface area contributed by atoms with Gasteiger partial charge in [0, 0.05) is 25.0 Å². The number of likely N-dealkylation sites (tertiary alicyclic amines) is 1. The van der Waals surface area contributed by atoms with Crippen molar-refractivity contribution in [2.45, 2.75) is 38.1 Å². The normalized spacial score (nSPS) is 24.3. The molecule has 2 fully saturated rings. The van der Waals surface area contributed by atoms with Crippen LogP contribution in [0, 0.1) is 12.8 Å². The SMILES string of the molecule is Cc1ccccc1-c1ccccc1C1CC1C(=O)N1CCCC(NS(C)(=O)=O)C1. The van der Waals surface area contributed by atoms with Gasteiger partial charge in [-0.3, -0.25) is 4.79 Å². The molecule has 1 aliphatic heterocycles. The van der Waals surface area contributed by atoms with Crippen LogP contribution >= 0.6 is 0 Å². The standard InChI is InChI=1S/C23H28N2O3S/c1-16-8-3-4-10-18(16)19-11-5-6-12-20(19)21-14-22(21)23(26)25-13-7-9-17(15-25)24-29(2,27)28/h3-6,8,10-12,17,21-22,24H,7,9,13-15H2,1-2H3. The van der Waals surface area contributed by atoms with E-state index in [0.29, 0.717) is 13.1 Å². The van der Waals surface area contributed by atoms with Crippen molar-refractivity contribution >= 4 is 15.9 Å². The van der Waals surface area contributed by atoms with Gasteiger partial charge in [0.1, 0.15) is 0 Å². The molecule has 1 saturated heterocycles. The first-order valence-corrected chi connectivity index (χ1v) is 12.1. The minimum atomic E-state index is -3.26. The molecule has 0 bridgehead atoms. The van der Waals surface area contributed by atoms with Crippen molar-refractivity contribution in [3.05, 3.63) is 59.7 Å². The highest BCUT2D eigenvalue weighted by molar-refractivity contribution is 7.88. The lowest BCUT2D eigenvalue weighted by Gasteiger charge is -2.33. The Morgan fingerprint density at radius 2 is 1.76 bits per heavy atom. The van der Waals surface area contributed by atoms with Gasteiger partial charge in [0.05, 0.1) is 6.26 Å². The average molecular weight is 413 g/mol. The number of carbonyl (C=O) groups is 1. The maximum Gasteiger partial charge on any atom is 0.226 e. The van der Waals surface area contributed by atoms with Crippen molar-refractivity contribution < 1.29 is 13.2 Å². The maximum atomic E-state index is 13.1. The molecular formula is C23H28N2O3S. The minimum absolute atomic E-state index is 0.00264. The number of hydrogen-bond acceptors (Lipinski definition) is 3. The predicted molar refractivity (Wildman–Crippen MR) is 115 cm³/mol. The van der Waals surface area contributed by atoms with Crippen LogP contribution in [0.2, 0.25) is 0 Å². The molecule has 2 aromatic carbocycles. The molecule has 29 heavy (non-hydrogen) atoms. The van der Waals surface area contributed by atoms with Gasteiger partial charge in [0.15, 0.2) is 0 Å². The summed E-state index contributed by atoms with van der Waals surface area (Å²) in [4.78, 5) is 15.0. The number of nitrogens with one attached hydrogen (secondary N) is 1. The van der Waals surface area contributed by atoms with E-state index < -0.39 is 10.0 Å². The zero-order valence-corrected chi connectivity index (χ0v) is 17.8. The fraction of sp³-hybridized carbons (Fsp3) is 0.435. The van der Waals surface area contributed by atoms with E-state index in [4.69, 9.17) is 0 Å². The lowest BCUT2D eigenvalue weighted by atomic mass is 9.93. The molecule has 3 unspecified atom stereocenters. The number of carbonyl (C=O) groups excluding carboxylic acids is 1. The van der Waals surface area contributed by atoms with Crippen LogP contribution in [0.1, 0.15) is 36.3 Å². The molecule has 3 atom stereocenters. The van der Waals surface area contributed by atoms with Crippen molar-refractivity contribution in [1.29, 1.82) is 0 Å². The van der Waals surface area contributed by atoms with E-state index in [2.05, 4.69) is 48.0 Å². The van der Waals surface area contributed by atoms with Gasteiger partial charge in [0.2, 0.25) is 15.9 Å². The Labute approximate surface area is 173 Å². The van der Waals surface area contributed by atoms with Crippen LogP contribution in [-0.2, 0) is 14.8 Å². The summed E-state index contributed by atoms with van der Waals surface area (Å²) in [5, 5.41) is 0. The number of benzene rings is 2. The fourth-order valence-corrected chi connectivity index (χ4v) is 5.36. The van der Waals surface area contributed by atoms with E-state index in [-0.39, 0.29) is 23.8 Å². The second-order valence-corrected chi connectivity index (χ2v) is 10.1. The summed E-state index contributed by atoms with van der Waals surface area (Å²) in [7, 11) is -3.26. The maximum absolute atomic E-state index is 13.1. The van der Waals surface area contributed by atoms with Gasteiger partial charge in [-0.2, -0.15) is 0 Å². The van der Waals surface area contributed by atoms with Crippen LogP contribution in [-0.4, -0.2) is 44.6 Å². The van der Waals surface area contributed by atoms with E-state index in [1.807, 2.05) is 17.0 Å². The molecule has 2 aliphatic rings. The van der Waals surface area contributed by atoms with Gasteiger partial charge in [-0.15, -0.1) is 0 Å². The molecule has 0 radical (unpaired) electrons. The number of hydrogen-bond donors (Lipinski definition) is 1. The largest absolute Gasteiger partial charge is 0.341 e. The van der Waals surface area contributed by atoms with Gasteiger partial charge in [-0.25, -0.2) is 13.1 Å². The molecule has 5 nitrogen and oxygen atoms in total. The Bertz CT molecular complexity index is 1020. The Kier molecular flexibility index (Phi) is 5.49. The summed E-state index contributed by atoms with van der Waals surface area (Å²) in [5.41, 5.74) is 4.90. The first-order chi connectivity index (χ1) is 13.8. The summed E-state index contributed by atoms with van der Waals surface area (Å²) in [6, 6.07) is 16.6. The van der Waals surface area contributed by atoms with Gasteiger partial charge in [0.25, 0.3) is 0 Å². The topological polar surface area (TPSA) is 66.5 Å². The number of amides is 1. The molecular weight excluding hydrogens is 384 g/mol. The highest BCUT2D eigenvalue weighted by Crippen LogP contribution is 2.51. The zero-order valence-electron chi connectivity index (χ0n) is 17.0. The van der Waals surface area contributed by atoms with Crippen molar-refractivity contribution in [3.63, 3.8) is 0 Å². The number of piperidine rings is 1. The summed E-state index contributed by atoms with van der Waals surface area (Å²) in [5.74, 6) is 0.397. The third-order valence-electron chi connectivity index (χ3n) is 6.02. The van der Waals surface area contributed by atoms with Gasteiger partial charge < -0.3 is 4.90 Å². The molecule has 0 aromatic heterocycles. The number of aryl methyl sites for hydroxylation is 1. The third-order valence-corrected chi connectivity index (χ3v) is 6.78. The van der Waals surface area contributed by atoms with E-state index in [1.165, 1.54) is 28.5 Å². The Morgan fingerprint density at radius 3 is 2.48 bits per heavy atom. The number of nitrogens with zero attached hydrogens (tertiary/aromatic N) is 1. The van der Waals surface area contributed by atoms with E-state index >= 15 is 0 Å². The van der Waals surface area contributed by atoms with E-state index in [9.17, 15) is 13.2 Å². The fourth-order valence-electron chi connectivity index (χ4n) is 4.56. The highest BCUT2D eigenvalue weighted by atomic mass is 32.2. The monoisotopic (exact) mass is 412 g/mol. The van der Waals surface area contributed by atoms with Crippen molar-refractivity contribution in [2.24, 2.45) is 5.92 Å². The van der Waals surface area contributed by atoms with Gasteiger partial charge in [-0.1, -0.05) is 48.5 Å². The third kappa shape index (κ3) is 4.54. The average Bonchev–Trinajstić information content (AvgIpc) is 3.47. The molecule has 1 N–H and O–H groups in total. The number of rotatable bonds is 5. The summed E-state index contributed by atoms with van der Waals surface area (Å²) in [6.45, 7) is 3.29. The Balaban J connectivity index is 1.49. The lowest BCUT2D eigenvalue weighted by molar-refractivity contribution is -0.133. The van der Waals surface area contributed by atoms with Crippen LogP contribution in [0.3, 0.4) is 0 Å². The molecule has 1 saturated carbocycles. The molecule has 4 rings (SSSR count). The first-order valence-electron chi connectivity index (χ1n) is 10.2. The van der Waals surface area contributed by atoms with Crippen molar-refractivity contribution in [3.8, 4) is 11.1 Å².